The lowest BCUT2D eigenvalue weighted by Crippen LogP contribution is -2.27. The van der Waals surface area contributed by atoms with Crippen LogP contribution in [0.2, 0.25) is 0 Å². The molecule has 3 aromatic heterocycles. The Hall–Kier alpha value is -4.21. The van der Waals surface area contributed by atoms with E-state index in [1.54, 1.807) is 25.3 Å². The molecule has 0 aliphatic heterocycles. The average molecular weight is 504 g/mol. The van der Waals surface area contributed by atoms with Gasteiger partial charge in [-0.3, -0.25) is 4.79 Å². The Morgan fingerprint density at radius 3 is 2.54 bits per heavy atom. The minimum atomic E-state index is -0.522. The monoisotopic (exact) mass is 503 g/mol. The zero-order valence-electron chi connectivity index (χ0n) is 21.8. The first-order chi connectivity index (χ1) is 17.5. The molecule has 0 spiro atoms. The summed E-state index contributed by atoms with van der Waals surface area (Å²) in [5.41, 5.74) is 2.94. The molecule has 1 aromatic carbocycles. The normalized spacial score (nSPS) is 12.3. The third-order valence-corrected chi connectivity index (χ3v) is 5.89. The maximum absolute atomic E-state index is 15.3. The Morgan fingerprint density at radius 2 is 1.89 bits per heavy atom. The first-order valence-corrected chi connectivity index (χ1v) is 12.0. The highest BCUT2D eigenvalue weighted by Gasteiger charge is 2.25. The molecule has 0 saturated carbocycles. The number of pyridine rings is 1. The van der Waals surface area contributed by atoms with Gasteiger partial charge in [0, 0.05) is 23.2 Å². The van der Waals surface area contributed by atoms with Crippen LogP contribution in [0.1, 0.15) is 73.9 Å². The van der Waals surface area contributed by atoms with Crippen LogP contribution in [0.4, 0.5) is 16.0 Å². The first-order valence-electron chi connectivity index (χ1n) is 12.0. The maximum atomic E-state index is 15.3. The van der Waals surface area contributed by atoms with Crippen molar-refractivity contribution < 1.29 is 13.7 Å². The Kier molecular flexibility index (Phi) is 7.28. The largest absolute Gasteiger partial charge is 0.341 e. The molecular formula is C27H30FN7O2. The third kappa shape index (κ3) is 5.96. The number of nitrogens with zero attached hydrogens (tertiary/aromatic N) is 5. The summed E-state index contributed by atoms with van der Waals surface area (Å²) in [7, 11) is 0. The van der Waals surface area contributed by atoms with Crippen LogP contribution in [0, 0.1) is 12.7 Å². The van der Waals surface area contributed by atoms with Gasteiger partial charge in [-0.05, 0) is 55.2 Å². The van der Waals surface area contributed by atoms with E-state index in [1.807, 2.05) is 39.8 Å². The minimum absolute atomic E-state index is 0.133. The molecule has 37 heavy (non-hydrogen) atoms. The van der Waals surface area contributed by atoms with E-state index in [9.17, 15) is 4.79 Å². The van der Waals surface area contributed by atoms with Gasteiger partial charge in [-0.1, -0.05) is 38.9 Å². The molecule has 2 N–H and O–H groups in total. The molecule has 192 valence electrons. The molecule has 4 rings (SSSR count). The highest BCUT2D eigenvalue weighted by Crippen LogP contribution is 2.29. The number of carbonyl (C=O) groups excluding carboxylic acids is 1. The standard InChI is InChI=1S/C27H30FN7O2/c1-7-17-8-9-22(29-13-17)33-23-12-21(30-14-31-23)19-10-15(2)18(11-20(19)28)16(3)32-24(36)25-34-26(35-37-25)27(4,5)6/h8-14,16H,7H2,1-6H3,(H,32,36)(H,29,30,31,33)/t16-/m1/s1. The molecule has 3 heterocycles. The number of benzene rings is 1. The molecule has 0 aliphatic carbocycles. The summed E-state index contributed by atoms with van der Waals surface area (Å²) < 4.78 is 20.4. The van der Waals surface area contributed by atoms with Gasteiger partial charge in [0.15, 0.2) is 5.82 Å². The lowest BCUT2D eigenvalue weighted by Gasteiger charge is -2.17. The molecule has 4 aromatic rings. The number of aryl methyl sites for hydroxylation is 2. The number of carbonyl (C=O) groups is 1. The minimum Gasteiger partial charge on any atom is -0.341 e. The van der Waals surface area contributed by atoms with Crippen molar-refractivity contribution in [2.24, 2.45) is 0 Å². The Bertz CT molecular complexity index is 1410. The van der Waals surface area contributed by atoms with Crippen molar-refractivity contribution in [2.45, 2.75) is 59.4 Å². The lowest BCUT2D eigenvalue weighted by atomic mass is 9.96. The van der Waals surface area contributed by atoms with Gasteiger partial charge in [0.2, 0.25) is 0 Å². The van der Waals surface area contributed by atoms with Crippen LogP contribution < -0.4 is 10.6 Å². The second-order valence-electron chi connectivity index (χ2n) is 9.88. The summed E-state index contributed by atoms with van der Waals surface area (Å²) in [5, 5.41) is 9.81. The van der Waals surface area contributed by atoms with E-state index in [1.165, 1.54) is 12.4 Å². The summed E-state index contributed by atoms with van der Waals surface area (Å²) in [4.78, 5) is 29.7. The van der Waals surface area contributed by atoms with E-state index in [0.717, 1.165) is 17.5 Å². The topological polar surface area (TPSA) is 119 Å². The number of anilines is 2. The Balaban J connectivity index is 1.52. The summed E-state index contributed by atoms with van der Waals surface area (Å²) in [6.45, 7) is 11.5. The van der Waals surface area contributed by atoms with Crippen molar-refractivity contribution >= 4 is 17.5 Å². The van der Waals surface area contributed by atoms with Gasteiger partial charge in [-0.25, -0.2) is 19.3 Å². The van der Waals surface area contributed by atoms with Crippen molar-refractivity contribution in [1.29, 1.82) is 0 Å². The molecule has 0 bridgehead atoms. The number of hydrogen-bond donors (Lipinski definition) is 2. The SMILES string of the molecule is CCc1ccc(Nc2cc(-c3cc(C)c([C@@H](C)NC(=O)c4nc(C(C)(C)C)no4)cc3F)ncn2)nc1. The van der Waals surface area contributed by atoms with Crippen molar-refractivity contribution in [1.82, 2.24) is 30.4 Å². The maximum Gasteiger partial charge on any atom is 0.315 e. The van der Waals surface area contributed by atoms with Crippen LogP contribution in [-0.2, 0) is 11.8 Å². The van der Waals surface area contributed by atoms with Crippen molar-refractivity contribution in [2.75, 3.05) is 5.32 Å². The second-order valence-corrected chi connectivity index (χ2v) is 9.88. The summed E-state index contributed by atoms with van der Waals surface area (Å²) in [5.74, 6) is 0.443. The van der Waals surface area contributed by atoms with E-state index >= 15 is 4.39 Å². The predicted molar refractivity (Wildman–Crippen MR) is 138 cm³/mol. The van der Waals surface area contributed by atoms with Gasteiger partial charge in [-0.2, -0.15) is 4.98 Å². The molecule has 0 aliphatic rings. The van der Waals surface area contributed by atoms with E-state index in [4.69, 9.17) is 4.52 Å². The molecular weight excluding hydrogens is 473 g/mol. The molecule has 0 saturated heterocycles. The quantitative estimate of drug-likeness (QED) is 0.341. The Morgan fingerprint density at radius 1 is 1.11 bits per heavy atom. The van der Waals surface area contributed by atoms with Gasteiger partial charge in [0.05, 0.1) is 11.7 Å². The number of halogens is 1. The van der Waals surface area contributed by atoms with Crippen LogP contribution in [0.15, 0.2) is 47.4 Å². The zero-order chi connectivity index (χ0) is 26.7. The lowest BCUT2D eigenvalue weighted by molar-refractivity contribution is 0.0895. The van der Waals surface area contributed by atoms with Crippen molar-refractivity contribution in [3.8, 4) is 11.3 Å². The van der Waals surface area contributed by atoms with E-state index < -0.39 is 17.8 Å². The van der Waals surface area contributed by atoms with Gasteiger partial charge in [0.25, 0.3) is 0 Å². The number of nitrogens with one attached hydrogen (secondary N) is 2. The summed E-state index contributed by atoms with van der Waals surface area (Å²) >= 11 is 0. The first kappa shape index (κ1) is 25.9. The number of hydrogen-bond acceptors (Lipinski definition) is 8. The highest BCUT2D eigenvalue weighted by molar-refractivity contribution is 5.89. The molecule has 10 heteroatoms. The van der Waals surface area contributed by atoms with Crippen molar-refractivity contribution in [3.05, 3.63) is 77.1 Å². The van der Waals surface area contributed by atoms with Gasteiger partial charge < -0.3 is 15.2 Å². The zero-order valence-corrected chi connectivity index (χ0v) is 21.8. The van der Waals surface area contributed by atoms with E-state index in [0.29, 0.717) is 34.3 Å². The van der Waals surface area contributed by atoms with Crippen LogP contribution in [0.25, 0.3) is 11.3 Å². The third-order valence-electron chi connectivity index (χ3n) is 5.89. The van der Waals surface area contributed by atoms with Crippen LogP contribution in [-0.4, -0.2) is 31.0 Å². The number of rotatable bonds is 7. The smallest absolute Gasteiger partial charge is 0.315 e. The van der Waals surface area contributed by atoms with Crippen LogP contribution in [0.3, 0.4) is 0 Å². The number of aromatic nitrogens is 5. The van der Waals surface area contributed by atoms with E-state index in [-0.39, 0.29) is 11.3 Å². The summed E-state index contributed by atoms with van der Waals surface area (Å²) in [6.07, 6.45) is 4.07. The highest BCUT2D eigenvalue weighted by atomic mass is 19.1. The predicted octanol–water partition coefficient (Wildman–Crippen LogP) is 5.46. The van der Waals surface area contributed by atoms with Gasteiger partial charge >= 0.3 is 11.8 Å². The number of amides is 1. The second kappa shape index (κ2) is 10.4. The van der Waals surface area contributed by atoms with Gasteiger partial charge in [0.1, 0.15) is 23.8 Å². The Labute approximate surface area is 215 Å². The van der Waals surface area contributed by atoms with Gasteiger partial charge in [-0.15, -0.1) is 0 Å². The van der Waals surface area contributed by atoms with E-state index in [2.05, 4.69) is 42.6 Å². The molecule has 9 nitrogen and oxygen atoms in total. The van der Waals surface area contributed by atoms with Crippen LogP contribution in [0.5, 0.6) is 0 Å². The fraction of sp³-hybridized carbons (Fsp3) is 0.333. The summed E-state index contributed by atoms with van der Waals surface area (Å²) in [6, 6.07) is 8.14. The molecule has 0 radical (unpaired) electrons. The molecule has 0 fully saturated rings. The van der Waals surface area contributed by atoms with Crippen LogP contribution >= 0.6 is 0 Å². The van der Waals surface area contributed by atoms with Crippen molar-refractivity contribution in [3.63, 3.8) is 0 Å². The fourth-order valence-corrected chi connectivity index (χ4v) is 3.73. The fourth-order valence-electron chi connectivity index (χ4n) is 3.73. The molecule has 1 amide bonds. The molecule has 1 atom stereocenters. The molecule has 0 unspecified atom stereocenters. The average Bonchev–Trinajstić information content (AvgIpc) is 3.37.